The minimum absolute atomic E-state index is 0.126. The lowest BCUT2D eigenvalue weighted by Crippen LogP contribution is -2.30. The summed E-state index contributed by atoms with van der Waals surface area (Å²) in [6.07, 6.45) is 2.50. The molecule has 0 atom stereocenters. The molecule has 1 aliphatic rings. The van der Waals surface area contributed by atoms with E-state index in [4.69, 9.17) is 9.84 Å². The first kappa shape index (κ1) is 23.6. The molecule has 0 amide bonds. The molecule has 7 nitrogen and oxygen atoms in total. The van der Waals surface area contributed by atoms with Crippen LogP contribution in [-0.4, -0.2) is 34.9 Å². The Balaban J connectivity index is 1.75. The van der Waals surface area contributed by atoms with Crippen molar-refractivity contribution in [1.29, 1.82) is 0 Å². The molecule has 0 aliphatic carbocycles. The van der Waals surface area contributed by atoms with E-state index in [1.165, 1.54) is 0 Å². The van der Waals surface area contributed by atoms with Crippen LogP contribution in [0.3, 0.4) is 0 Å². The molecule has 2 N–H and O–H groups in total. The highest BCUT2D eigenvalue weighted by atomic mass is 19.4. The van der Waals surface area contributed by atoms with Gasteiger partial charge in [-0.15, -0.1) is 10.2 Å². The van der Waals surface area contributed by atoms with E-state index in [0.29, 0.717) is 12.8 Å². The van der Waals surface area contributed by atoms with Gasteiger partial charge in [-0.25, -0.2) is 4.79 Å². The van der Waals surface area contributed by atoms with E-state index in [1.54, 1.807) is 0 Å². The molecule has 1 aliphatic heterocycles. The number of halogens is 3. The van der Waals surface area contributed by atoms with Crippen molar-refractivity contribution in [3.63, 3.8) is 0 Å². The Kier molecular flexibility index (Phi) is 8.19. The smallest absolute Gasteiger partial charge is 0.442 e. The van der Waals surface area contributed by atoms with Crippen LogP contribution in [-0.2, 0) is 10.5 Å². The summed E-state index contributed by atoms with van der Waals surface area (Å²) in [4.78, 5) is 21.7. The van der Waals surface area contributed by atoms with E-state index in [0.717, 1.165) is 56.7 Å². The van der Waals surface area contributed by atoms with E-state index in [1.807, 2.05) is 0 Å². The average molecular weight is 431 g/mol. The Hall–Kier alpha value is -2.65. The first-order chi connectivity index (χ1) is 14.2. The van der Waals surface area contributed by atoms with Crippen LogP contribution < -0.4 is 4.74 Å². The van der Waals surface area contributed by atoms with Crippen LogP contribution in [0.1, 0.15) is 73.7 Å². The molecule has 0 saturated carbocycles. The normalized spacial score (nSPS) is 14.5. The number of nitrogens with zero attached hydrogens (tertiary/aromatic N) is 2. The van der Waals surface area contributed by atoms with Crippen LogP contribution in [0.25, 0.3) is 0 Å². The van der Waals surface area contributed by atoms with Gasteiger partial charge in [0.05, 0.1) is 6.61 Å². The van der Waals surface area contributed by atoms with Crippen LogP contribution in [0.4, 0.5) is 13.2 Å². The molecular weight excluding hydrogens is 406 g/mol. The highest BCUT2D eigenvalue weighted by Crippen LogP contribution is 2.53. The summed E-state index contributed by atoms with van der Waals surface area (Å²) >= 11 is 0. The first-order valence-corrected chi connectivity index (χ1v) is 9.90. The maximum absolute atomic E-state index is 13.2. The molecule has 0 fully saturated rings. The number of benzene rings is 1. The van der Waals surface area contributed by atoms with E-state index in [2.05, 4.69) is 10.2 Å². The number of unbranched alkanes of at least 4 members (excludes halogenated alkanes) is 7. The third kappa shape index (κ3) is 6.43. The van der Waals surface area contributed by atoms with Crippen molar-refractivity contribution in [1.82, 2.24) is 0 Å². The van der Waals surface area contributed by atoms with Gasteiger partial charge in [-0.05, 0) is 25.0 Å². The van der Waals surface area contributed by atoms with Crippen LogP contribution in [0.2, 0.25) is 0 Å². The molecule has 1 aromatic rings. The van der Waals surface area contributed by atoms with E-state index in [-0.39, 0.29) is 29.9 Å². The molecule has 2 rings (SSSR count). The van der Waals surface area contributed by atoms with Gasteiger partial charge in [0, 0.05) is 12.0 Å². The monoisotopic (exact) mass is 431 g/mol. The minimum Gasteiger partial charge on any atom is -0.493 e. The third-order valence-corrected chi connectivity index (χ3v) is 4.85. The second kappa shape index (κ2) is 10.4. The lowest BCUT2D eigenvalue weighted by atomic mass is 10.0. The number of carboxylic acids is 2. The average Bonchev–Trinajstić information content (AvgIpc) is 3.47. The fourth-order valence-corrected chi connectivity index (χ4v) is 3.10. The Morgan fingerprint density at radius 1 is 0.933 bits per heavy atom. The van der Waals surface area contributed by atoms with Crippen molar-refractivity contribution in [2.45, 2.75) is 69.6 Å². The zero-order valence-corrected chi connectivity index (χ0v) is 16.5. The molecule has 0 radical (unpaired) electrons. The topological polar surface area (TPSA) is 109 Å². The van der Waals surface area contributed by atoms with Crippen molar-refractivity contribution in [2.24, 2.45) is 10.2 Å². The van der Waals surface area contributed by atoms with Crippen molar-refractivity contribution in [3.8, 4) is 5.75 Å². The Labute approximate surface area is 172 Å². The predicted octanol–water partition coefficient (Wildman–Crippen LogP) is 5.54. The number of aromatic carboxylic acids is 1. The number of carboxylic acid groups (broad SMARTS) is 2. The number of hydrogen-bond donors (Lipinski definition) is 2. The maximum atomic E-state index is 13.2. The molecule has 0 unspecified atom stereocenters. The number of carbonyl (C=O) groups is 2. The molecule has 10 heteroatoms. The minimum atomic E-state index is -4.69. The highest BCUT2D eigenvalue weighted by molar-refractivity contribution is 5.91. The second-order valence-corrected chi connectivity index (χ2v) is 7.21. The molecule has 166 valence electrons. The van der Waals surface area contributed by atoms with Crippen molar-refractivity contribution in [3.05, 3.63) is 29.3 Å². The number of aliphatic carboxylic acids is 1. The van der Waals surface area contributed by atoms with Crippen molar-refractivity contribution in [2.75, 3.05) is 6.61 Å². The van der Waals surface area contributed by atoms with E-state index >= 15 is 0 Å². The van der Waals surface area contributed by atoms with Gasteiger partial charge in [-0.1, -0.05) is 44.6 Å². The summed E-state index contributed by atoms with van der Waals surface area (Å²) in [5.74, 6) is -2.19. The largest absolute Gasteiger partial charge is 0.493 e. The third-order valence-electron chi connectivity index (χ3n) is 4.85. The number of hydrogen-bond acceptors (Lipinski definition) is 5. The molecule has 0 bridgehead atoms. The summed E-state index contributed by atoms with van der Waals surface area (Å²) in [6, 6.07) is 3.18. The summed E-state index contributed by atoms with van der Waals surface area (Å²) in [5.41, 5.74) is -3.09. The van der Waals surface area contributed by atoms with Crippen LogP contribution >= 0.6 is 0 Å². The molecule has 0 aromatic heterocycles. The Morgan fingerprint density at radius 2 is 1.50 bits per heavy atom. The summed E-state index contributed by atoms with van der Waals surface area (Å²) in [7, 11) is 0. The van der Waals surface area contributed by atoms with Gasteiger partial charge in [-0.3, -0.25) is 4.79 Å². The van der Waals surface area contributed by atoms with Gasteiger partial charge >= 0.3 is 23.8 Å². The van der Waals surface area contributed by atoms with Gasteiger partial charge in [0.25, 0.3) is 0 Å². The van der Waals surface area contributed by atoms with Gasteiger partial charge in [0.15, 0.2) is 0 Å². The molecule has 0 spiro atoms. The lowest BCUT2D eigenvalue weighted by molar-refractivity contribution is -0.166. The number of alkyl halides is 3. The Morgan fingerprint density at radius 3 is 2.00 bits per heavy atom. The summed E-state index contributed by atoms with van der Waals surface area (Å²) < 4.78 is 44.9. The van der Waals surface area contributed by atoms with Gasteiger partial charge in [-0.2, -0.15) is 13.2 Å². The van der Waals surface area contributed by atoms with Crippen LogP contribution in [0.5, 0.6) is 5.75 Å². The zero-order chi connectivity index (χ0) is 22.2. The summed E-state index contributed by atoms with van der Waals surface area (Å²) in [5, 5.41) is 24.1. The standard InChI is InChI=1S/C20H25F3N2O5/c21-20(22,23)19(24-25-19)14-10-11-15(18(28)29)16(13-14)30-12-8-6-4-2-1-3-5-7-9-17(26)27/h10-11,13H,1-9,12H2,(H,26,27)(H,28,29)/i18+1. The summed E-state index contributed by atoms with van der Waals surface area (Å²) in [6.45, 7) is 0.190. The predicted molar refractivity (Wildman–Crippen MR) is 101 cm³/mol. The van der Waals surface area contributed by atoms with Crippen LogP contribution in [0.15, 0.2) is 28.4 Å². The lowest BCUT2D eigenvalue weighted by Gasteiger charge is -2.17. The fourth-order valence-electron chi connectivity index (χ4n) is 3.10. The fraction of sp³-hybridized carbons (Fsp3) is 0.600. The molecule has 30 heavy (non-hydrogen) atoms. The maximum Gasteiger partial charge on any atom is 0.442 e. The van der Waals surface area contributed by atoms with E-state index < -0.39 is 23.8 Å². The molecule has 0 saturated heterocycles. The number of rotatable bonds is 14. The zero-order valence-electron chi connectivity index (χ0n) is 16.5. The second-order valence-electron chi connectivity index (χ2n) is 7.21. The van der Waals surface area contributed by atoms with Crippen molar-refractivity contribution >= 4 is 11.9 Å². The van der Waals surface area contributed by atoms with Gasteiger partial charge in [0.1, 0.15) is 11.3 Å². The first-order valence-electron chi connectivity index (χ1n) is 9.90. The quantitative estimate of drug-likeness (QED) is 0.297. The molecule has 1 heterocycles. The van der Waals surface area contributed by atoms with Crippen LogP contribution in [0, 0.1) is 0 Å². The highest BCUT2D eigenvalue weighted by Gasteiger charge is 2.65. The SMILES string of the molecule is O=C(O)CCCCCCCCCCOc1cc(C2(C(F)(F)F)N=N2)ccc1[13C](=O)O. The van der Waals surface area contributed by atoms with Crippen molar-refractivity contribution < 1.29 is 37.7 Å². The molecule has 1 aromatic carbocycles. The molecular formula is C20H25F3N2O5. The van der Waals surface area contributed by atoms with E-state index in [9.17, 15) is 27.9 Å². The number of ether oxygens (including phenoxy) is 1. The van der Waals surface area contributed by atoms with Gasteiger partial charge < -0.3 is 14.9 Å². The Bertz CT molecular complexity index is 774. The van der Waals surface area contributed by atoms with Gasteiger partial charge in [0.2, 0.25) is 0 Å².